The summed E-state index contributed by atoms with van der Waals surface area (Å²) < 4.78 is 0. The standard InChI is InChI=1S/C22H28N10O/c1-16-18(5-4-17-3-2-6-25-15-17)19(29-20(23)28-16)30-11-13-31(14-12-30)21(24)26-7-9-32-10-8-27-22(32)33/h2-3,6,15H,7-14H2,1H3,(H2,24,26)(H,27,33)(H2,23,28,29). The monoisotopic (exact) mass is 448 g/mol. The highest BCUT2D eigenvalue weighted by Crippen LogP contribution is 2.22. The van der Waals surface area contributed by atoms with E-state index in [1.54, 1.807) is 17.3 Å². The molecule has 5 N–H and O–H groups in total. The van der Waals surface area contributed by atoms with Crippen molar-refractivity contribution in [3.05, 3.63) is 41.3 Å². The first kappa shape index (κ1) is 22.1. The van der Waals surface area contributed by atoms with Gasteiger partial charge < -0.3 is 31.1 Å². The summed E-state index contributed by atoms with van der Waals surface area (Å²) in [6.07, 6.45) is 3.43. The molecule has 2 aliphatic heterocycles. The molecule has 0 aliphatic carbocycles. The Hall–Kier alpha value is -4.07. The third-order valence-electron chi connectivity index (χ3n) is 5.60. The van der Waals surface area contributed by atoms with Gasteiger partial charge in [-0.25, -0.2) is 9.78 Å². The van der Waals surface area contributed by atoms with E-state index in [1.807, 2.05) is 24.0 Å². The van der Waals surface area contributed by atoms with Crippen molar-refractivity contribution >= 4 is 23.8 Å². The lowest BCUT2D eigenvalue weighted by molar-refractivity contribution is 0.218. The van der Waals surface area contributed by atoms with E-state index in [9.17, 15) is 4.79 Å². The molecule has 2 saturated heterocycles. The third-order valence-corrected chi connectivity index (χ3v) is 5.60. The molecular formula is C22H28N10O. The van der Waals surface area contributed by atoms with E-state index in [2.05, 4.69) is 42.3 Å². The van der Waals surface area contributed by atoms with Crippen molar-refractivity contribution in [3.8, 4) is 11.8 Å². The van der Waals surface area contributed by atoms with Crippen molar-refractivity contribution in [1.82, 2.24) is 35.4 Å². The number of nitrogens with one attached hydrogen (secondary N) is 3. The number of aromatic nitrogens is 3. The molecule has 2 aromatic heterocycles. The number of anilines is 2. The van der Waals surface area contributed by atoms with E-state index in [0.717, 1.165) is 22.6 Å². The molecular weight excluding hydrogens is 420 g/mol. The number of amides is 2. The van der Waals surface area contributed by atoms with Crippen LogP contribution < -0.4 is 21.3 Å². The topological polar surface area (TPSA) is 139 Å². The second-order valence-electron chi connectivity index (χ2n) is 7.83. The zero-order valence-electron chi connectivity index (χ0n) is 18.6. The lowest BCUT2D eigenvalue weighted by Crippen LogP contribution is -2.53. The number of hydrogen-bond acceptors (Lipinski definition) is 7. The van der Waals surface area contributed by atoms with Gasteiger partial charge in [0.1, 0.15) is 5.82 Å². The molecule has 0 atom stereocenters. The summed E-state index contributed by atoms with van der Waals surface area (Å²) >= 11 is 0. The van der Waals surface area contributed by atoms with Crippen LogP contribution in [-0.2, 0) is 0 Å². The molecule has 0 aromatic carbocycles. The normalized spacial score (nSPS) is 15.7. The Morgan fingerprint density at radius 1 is 1.24 bits per heavy atom. The Morgan fingerprint density at radius 3 is 2.76 bits per heavy atom. The first-order valence-electron chi connectivity index (χ1n) is 10.9. The number of piperazine rings is 1. The van der Waals surface area contributed by atoms with Crippen LogP contribution in [-0.4, -0.2) is 89.1 Å². The van der Waals surface area contributed by atoms with Gasteiger partial charge in [0.15, 0.2) is 5.96 Å². The first-order valence-corrected chi connectivity index (χ1v) is 10.9. The zero-order valence-corrected chi connectivity index (χ0v) is 18.6. The molecule has 2 aliphatic rings. The van der Waals surface area contributed by atoms with Gasteiger partial charge >= 0.3 is 6.03 Å². The van der Waals surface area contributed by atoms with E-state index in [1.165, 1.54) is 0 Å². The molecule has 0 saturated carbocycles. The molecule has 0 spiro atoms. The molecule has 0 unspecified atom stereocenters. The van der Waals surface area contributed by atoms with Crippen LogP contribution in [0.25, 0.3) is 0 Å². The Morgan fingerprint density at radius 2 is 2.06 bits per heavy atom. The molecule has 4 heterocycles. The molecule has 0 bridgehead atoms. The summed E-state index contributed by atoms with van der Waals surface area (Å²) in [6.45, 7) is 7.06. The van der Waals surface area contributed by atoms with Crippen molar-refractivity contribution < 1.29 is 4.79 Å². The maximum Gasteiger partial charge on any atom is 0.317 e. The smallest absolute Gasteiger partial charge is 0.317 e. The number of nitrogens with zero attached hydrogens (tertiary/aromatic N) is 6. The van der Waals surface area contributed by atoms with Crippen LogP contribution in [0, 0.1) is 24.2 Å². The number of rotatable bonds is 4. The lowest BCUT2D eigenvalue weighted by atomic mass is 10.1. The van der Waals surface area contributed by atoms with Crippen LogP contribution in [0.15, 0.2) is 24.5 Å². The SMILES string of the molecule is Cc1nc(N)nc(N2CCN(C(=N)NCCN3CCNC3=O)CC2)c1C#Cc1cccnc1. The van der Waals surface area contributed by atoms with Crippen molar-refractivity contribution in [2.24, 2.45) is 0 Å². The summed E-state index contributed by atoms with van der Waals surface area (Å²) in [4.78, 5) is 30.4. The van der Waals surface area contributed by atoms with E-state index in [4.69, 9.17) is 11.1 Å². The Bertz CT molecular complexity index is 1070. The number of guanidine groups is 1. The number of nitrogen functional groups attached to an aromatic ring is 1. The maximum atomic E-state index is 11.6. The summed E-state index contributed by atoms with van der Waals surface area (Å²) in [7, 11) is 0. The third kappa shape index (κ3) is 5.41. The van der Waals surface area contributed by atoms with Gasteiger partial charge in [-0.1, -0.05) is 11.8 Å². The van der Waals surface area contributed by atoms with Gasteiger partial charge in [-0.15, -0.1) is 0 Å². The van der Waals surface area contributed by atoms with Crippen molar-refractivity contribution in [2.75, 3.05) is 63.0 Å². The number of carbonyl (C=O) groups is 1. The van der Waals surface area contributed by atoms with Crippen LogP contribution in [0.3, 0.4) is 0 Å². The summed E-state index contributed by atoms with van der Waals surface area (Å²) in [5.74, 6) is 7.63. The zero-order chi connectivity index (χ0) is 23.2. The summed E-state index contributed by atoms with van der Waals surface area (Å²) in [6, 6.07) is 3.71. The Kier molecular flexibility index (Phi) is 6.73. The number of carbonyl (C=O) groups excluding carboxylic acids is 1. The van der Waals surface area contributed by atoms with Crippen molar-refractivity contribution in [3.63, 3.8) is 0 Å². The predicted molar refractivity (Wildman–Crippen MR) is 126 cm³/mol. The fourth-order valence-corrected chi connectivity index (χ4v) is 3.81. The lowest BCUT2D eigenvalue weighted by Gasteiger charge is -2.37. The molecule has 172 valence electrons. The van der Waals surface area contributed by atoms with E-state index >= 15 is 0 Å². The molecule has 11 heteroatoms. The maximum absolute atomic E-state index is 11.6. The van der Waals surface area contributed by atoms with E-state index in [0.29, 0.717) is 58.3 Å². The van der Waals surface area contributed by atoms with Crippen LogP contribution in [0.1, 0.15) is 16.8 Å². The molecule has 0 radical (unpaired) electrons. The highest BCUT2D eigenvalue weighted by Gasteiger charge is 2.24. The van der Waals surface area contributed by atoms with E-state index in [-0.39, 0.29) is 12.0 Å². The minimum atomic E-state index is -0.0428. The van der Waals surface area contributed by atoms with Gasteiger partial charge in [0.25, 0.3) is 0 Å². The van der Waals surface area contributed by atoms with Gasteiger partial charge in [-0.05, 0) is 19.1 Å². The summed E-state index contributed by atoms with van der Waals surface area (Å²) in [5, 5.41) is 14.3. The minimum absolute atomic E-state index is 0.0428. The molecule has 11 nitrogen and oxygen atoms in total. The average Bonchev–Trinajstić information content (AvgIpc) is 3.23. The van der Waals surface area contributed by atoms with Gasteiger partial charge in [0, 0.05) is 70.3 Å². The predicted octanol–water partition coefficient (Wildman–Crippen LogP) is -0.166. The van der Waals surface area contributed by atoms with E-state index < -0.39 is 0 Å². The second kappa shape index (κ2) is 10.0. The number of nitrogens with two attached hydrogens (primary N) is 1. The average molecular weight is 449 g/mol. The van der Waals surface area contributed by atoms with Crippen molar-refractivity contribution in [2.45, 2.75) is 6.92 Å². The quantitative estimate of drug-likeness (QED) is 0.287. The largest absolute Gasteiger partial charge is 0.368 e. The number of pyridine rings is 1. The van der Waals surface area contributed by atoms with Gasteiger partial charge in [0.2, 0.25) is 5.95 Å². The van der Waals surface area contributed by atoms with Gasteiger partial charge in [-0.3, -0.25) is 10.4 Å². The molecule has 2 fully saturated rings. The Balaban J connectivity index is 1.37. The highest BCUT2D eigenvalue weighted by molar-refractivity contribution is 5.78. The van der Waals surface area contributed by atoms with Gasteiger partial charge in [-0.2, -0.15) is 4.98 Å². The van der Waals surface area contributed by atoms with Crippen LogP contribution in [0.2, 0.25) is 0 Å². The number of aryl methyl sites for hydroxylation is 1. The Labute approximate surface area is 192 Å². The number of urea groups is 1. The van der Waals surface area contributed by atoms with Crippen molar-refractivity contribution in [1.29, 1.82) is 5.41 Å². The molecule has 2 amide bonds. The fourth-order valence-electron chi connectivity index (χ4n) is 3.81. The summed E-state index contributed by atoms with van der Waals surface area (Å²) in [5.41, 5.74) is 8.24. The fraction of sp³-hybridized carbons (Fsp3) is 0.409. The van der Waals surface area contributed by atoms with Crippen LogP contribution in [0.5, 0.6) is 0 Å². The molecule has 33 heavy (non-hydrogen) atoms. The number of hydrogen-bond donors (Lipinski definition) is 4. The molecule has 4 rings (SSSR count). The highest BCUT2D eigenvalue weighted by atomic mass is 16.2. The van der Waals surface area contributed by atoms with Crippen LogP contribution >= 0.6 is 0 Å². The minimum Gasteiger partial charge on any atom is -0.368 e. The molecule has 2 aromatic rings. The first-order chi connectivity index (χ1) is 16.0. The van der Waals surface area contributed by atoms with Crippen LogP contribution in [0.4, 0.5) is 16.6 Å². The second-order valence-corrected chi connectivity index (χ2v) is 7.83. The van der Waals surface area contributed by atoms with Gasteiger partial charge in [0.05, 0.1) is 11.3 Å².